The highest BCUT2D eigenvalue weighted by molar-refractivity contribution is 5.98. The topological polar surface area (TPSA) is 106 Å². The van der Waals surface area contributed by atoms with E-state index < -0.39 is 17.0 Å². The lowest BCUT2D eigenvalue weighted by Gasteiger charge is -2.24. The van der Waals surface area contributed by atoms with Gasteiger partial charge in [0.05, 0.1) is 11.1 Å². The Bertz CT molecular complexity index is 741. The standard InChI is InChI=1S/C16H17N3O5/c1-3-18(12-7-5-4-6-8-12)15(20)11(2)24-16(21)14-9-13(10-17-14)19(22)23/h4-11,17H,3H2,1-2H3. The van der Waals surface area contributed by atoms with E-state index >= 15 is 0 Å². The summed E-state index contributed by atoms with van der Waals surface area (Å²) in [5.41, 5.74) is 0.368. The van der Waals surface area contributed by atoms with Crippen LogP contribution in [0.4, 0.5) is 11.4 Å². The predicted molar refractivity (Wildman–Crippen MR) is 86.8 cm³/mol. The lowest BCUT2D eigenvalue weighted by molar-refractivity contribution is -0.384. The van der Waals surface area contributed by atoms with Crippen molar-refractivity contribution in [2.45, 2.75) is 20.0 Å². The molecule has 0 radical (unpaired) electrons. The molecule has 126 valence electrons. The minimum Gasteiger partial charge on any atom is -0.448 e. The van der Waals surface area contributed by atoms with E-state index in [1.165, 1.54) is 11.8 Å². The van der Waals surface area contributed by atoms with Crippen molar-refractivity contribution in [3.05, 3.63) is 58.4 Å². The molecule has 0 saturated heterocycles. The minimum atomic E-state index is -1.03. The van der Waals surface area contributed by atoms with Crippen molar-refractivity contribution in [1.82, 2.24) is 4.98 Å². The molecule has 8 nitrogen and oxygen atoms in total. The van der Waals surface area contributed by atoms with Crippen LogP contribution < -0.4 is 4.90 Å². The summed E-state index contributed by atoms with van der Waals surface area (Å²) in [4.78, 5) is 38.4. The zero-order chi connectivity index (χ0) is 17.7. The summed E-state index contributed by atoms with van der Waals surface area (Å²) < 4.78 is 5.11. The van der Waals surface area contributed by atoms with Gasteiger partial charge in [0.2, 0.25) is 0 Å². The Morgan fingerprint density at radius 2 is 2.00 bits per heavy atom. The highest BCUT2D eigenvalue weighted by Crippen LogP contribution is 2.17. The van der Waals surface area contributed by atoms with Crippen molar-refractivity contribution in [1.29, 1.82) is 0 Å². The van der Waals surface area contributed by atoms with Gasteiger partial charge in [-0.15, -0.1) is 0 Å². The van der Waals surface area contributed by atoms with E-state index in [1.54, 1.807) is 24.3 Å². The maximum absolute atomic E-state index is 12.5. The van der Waals surface area contributed by atoms with Crippen LogP contribution in [0.25, 0.3) is 0 Å². The van der Waals surface area contributed by atoms with Gasteiger partial charge in [-0.2, -0.15) is 0 Å². The van der Waals surface area contributed by atoms with Crippen molar-refractivity contribution >= 4 is 23.3 Å². The van der Waals surface area contributed by atoms with Gasteiger partial charge in [-0.25, -0.2) is 4.79 Å². The van der Waals surface area contributed by atoms with E-state index in [4.69, 9.17) is 4.74 Å². The summed E-state index contributed by atoms with van der Waals surface area (Å²) in [5, 5.41) is 10.6. The van der Waals surface area contributed by atoms with E-state index in [2.05, 4.69) is 4.98 Å². The molecule has 0 aliphatic carbocycles. The summed E-state index contributed by atoms with van der Waals surface area (Å²) in [6, 6.07) is 10.1. The van der Waals surface area contributed by atoms with E-state index in [0.717, 1.165) is 12.3 Å². The predicted octanol–water partition coefficient (Wildman–Crippen LogP) is 2.52. The van der Waals surface area contributed by atoms with Crippen LogP contribution in [0, 0.1) is 10.1 Å². The summed E-state index contributed by atoms with van der Waals surface area (Å²) >= 11 is 0. The molecule has 1 unspecified atom stereocenters. The monoisotopic (exact) mass is 331 g/mol. The number of hydrogen-bond acceptors (Lipinski definition) is 5. The Labute approximate surface area is 138 Å². The molecule has 0 aliphatic rings. The number of hydrogen-bond donors (Lipinski definition) is 1. The van der Waals surface area contributed by atoms with Gasteiger partial charge in [0.15, 0.2) is 6.10 Å². The third kappa shape index (κ3) is 3.78. The van der Waals surface area contributed by atoms with Gasteiger partial charge in [0.1, 0.15) is 5.69 Å². The Balaban J connectivity index is 2.07. The second-order valence-electron chi connectivity index (χ2n) is 4.99. The van der Waals surface area contributed by atoms with Crippen molar-refractivity contribution in [2.24, 2.45) is 0 Å². The molecule has 8 heteroatoms. The van der Waals surface area contributed by atoms with Gasteiger partial charge in [-0.3, -0.25) is 14.9 Å². The van der Waals surface area contributed by atoms with Gasteiger partial charge < -0.3 is 14.6 Å². The van der Waals surface area contributed by atoms with Crippen LogP contribution in [0.3, 0.4) is 0 Å². The number of benzene rings is 1. The first-order valence-corrected chi connectivity index (χ1v) is 7.34. The van der Waals surface area contributed by atoms with E-state index in [1.807, 2.05) is 13.0 Å². The van der Waals surface area contributed by atoms with Crippen LogP contribution in [0.2, 0.25) is 0 Å². The second-order valence-corrected chi connectivity index (χ2v) is 4.99. The second kappa shape index (κ2) is 7.40. The number of esters is 1. The number of aromatic amines is 1. The zero-order valence-corrected chi connectivity index (χ0v) is 13.3. The molecule has 0 fully saturated rings. The molecule has 24 heavy (non-hydrogen) atoms. The quantitative estimate of drug-likeness (QED) is 0.497. The van der Waals surface area contributed by atoms with Crippen LogP contribution in [0.15, 0.2) is 42.6 Å². The molecule has 1 amide bonds. The van der Waals surface area contributed by atoms with Crippen molar-refractivity contribution in [2.75, 3.05) is 11.4 Å². The fourth-order valence-corrected chi connectivity index (χ4v) is 2.17. The number of amides is 1. The summed E-state index contributed by atoms with van der Waals surface area (Å²) in [6.45, 7) is 3.69. The molecular formula is C16H17N3O5. The Morgan fingerprint density at radius 1 is 1.33 bits per heavy atom. The summed E-state index contributed by atoms with van der Waals surface area (Å²) in [6.07, 6.45) is 0.0609. The van der Waals surface area contributed by atoms with Crippen LogP contribution >= 0.6 is 0 Å². The number of carbonyl (C=O) groups excluding carboxylic acids is 2. The smallest absolute Gasteiger partial charge is 0.355 e. The Hall–Kier alpha value is -3.16. The number of aromatic nitrogens is 1. The first-order valence-electron chi connectivity index (χ1n) is 7.34. The maximum atomic E-state index is 12.5. The van der Waals surface area contributed by atoms with Crippen molar-refractivity contribution in [3.63, 3.8) is 0 Å². The van der Waals surface area contributed by atoms with Crippen molar-refractivity contribution in [3.8, 4) is 0 Å². The molecule has 1 atom stereocenters. The molecule has 1 aromatic carbocycles. The van der Waals surface area contributed by atoms with E-state index in [0.29, 0.717) is 12.2 Å². The number of nitro groups is 1. The van der Waals surface area contributed by atoms with Gasteiger partial charge in [0, 0.05) is 18.3 Å². The van der Waals surface area contributed by atoms with Gasteiger partial charge in [0.25, 0.3) is 11.6 Å². The average Bonchev–Trinajstić information content (AvgIpc) is 3.06. The fraction of sp³-hybridized carbons (Fsp3) is 0.250. The molecule has 0 saturated carbocycles. The molecule has 2 aromatic rings. The van der Waals surface area contributed by atoms with E-state index in [9.17, 15) is 19.7 Å². The number of nitrogens with zero attached hydrogens (tertiary/aromatic N) is 2. The van der Waals surface area contributed by atoms with Crippen LogP contribution in [0.5, 0.6) is 0 Å². The lowest BCUT2D eigenvalue weighted by Crippen LogP contribution is -2.40. The molecule has 1 aromatic heterocycles. The third-order valence-electron chi connectivity index (χ3n) is 3.38. The normalized spacial score (nSPS) is 11.6. The van der Waals surface area contributed by atoms with E-state index in [-0.39, 0.29) is 17.3 Å². The number of nitrogens with one attached hydrogen (secondary N) is 1. The molecule has 1 N–H and O–H groups in total. The minimum absolute atomic E-state index is 0.0795. The molecule has 0 spiro atoms. The first kappa shape index (κ1) is 17.2. The Morgan fingerprint density at radius 3 is 2.54 bits per heavy atom. The number of anilines is 1. The number of H-pyrrole nitrogens is 1. The van der Waals surface area contributed by atoms with Crippen LogP contribution in [0.1, 0.15) is 24.3 Å². The number of para-hydroxylation sites is 1. The highest BCUT2D eigenvalue weighted by Gasteiger charge is 2.25. The highest BCUT2D eigenvalue weighted by atomic mass is 16.6. The number of rotatable bonds is 6. The van der Waals surface area contributed by atoms with Crippen LogP contribution in [-0.2, 0) is 9.53 Å². The summed E-state index contributed by atoms with van der Waals surface area (Å²) in [5.74, 6) is -1.20. The van der Waals surface area contributed by atoms with Gasteiger partial charge in [-0.1, -0.05) is 18.2 Å². The summed E-state index contributed by atoms with van der Waals surface area (Å²) in [7, 11) is 0. The third-order valence-corrected chi connectivity index (χ3v) is 3.38. The fourth-order valence-electron chi connectivity index (χ4n) is 2.17. The van der Waals surface area contributed by atoms with Gasteiger partial charge >= 0.3 is 5.97 Å². The molecule has 2 rings (SSSR count). The lowest BCUT2D eigenvalue weighted by atomic mass is 10.2. The number of ether oxygens (including phenoxy) is 1. The van der Waals surface area contributed by atoms with Gasteiger partial charge in [-0.05, 0) is 26.0 Å². The zero-order valence-electron chi connectivity index (χ0n) is 13.3. The maximum Gasteiger partial charge on any atom is 0.355 e. The Kier molecular flexibility index (Phi) is 5.31. The molecular weight excluding hydrogens is 314 g/mol. The molecule has 1 heterocycles. The first-order chi connectivity index (χ1) is 11.4. The average molecular weight is 331 g/mol. The largest absolute Gasteiger partial charge is 0.448 e. The molecule has 0 aliphatic heterocycles. The molecule has 0 bridgehead atoms. The number of carbonyl (C=O) groups is 2. The van der Waals surface area contributed by atoms with Crippen LogP contribution in [-0.4, -0.2) is 34.4 Å². The van der Waals surface area contributed by atoms with Crippen molar-refractivity contribution < 1.29 is 19.2 Å². The SMILES string of the molecule is CCN(C(=O)C(C)OC(=O)c1cc([N+](=O)[O-])c[nH]1)c1ccccc1. The number of likely N-dealkylation sites (N-methyl/N-ethyl adjacent to an activating group) is 1.